The molecule has 2 aliphatic rings. The van der Waals surface area contributed by atoms with E-state index in [9.17, 15) is 9.59 Å². The van der Waals surface area contributed by atoms with Crippen molar-refractivity contribution in [2.45, 2.75) is 53.1 Å². The highest BCUT2D eigenvalue weighted by Crippen LogP contribution is 2.44. The number of esters is 1. The first kappa shape index (κ1) is 27.7. The number of hydrogen-bond acceptors (Lipinski definition) is 6. The zero-order valence-electron chi connectivity index (χ0n) is 24.3. The molecule has 0 unspecified atom stereocenters. The lowest BCUT2D eigenvalue weighted by molar-refractivity contribution is 0.00679. The average molecular weight is 542 g/mol. The smallest absolute Gasteiger partial charge is 0.411 e. The SMILES string of the molecule is Cc1c(NC(=O)OCC2c3ccccc3-c3ccccc32)c(C)c(N2CCNCC2)c(C)c1C(=O)OC(C)(C)C. The summed E-state index contributed by atoms with van der Waals surface area (Å²) < 4.78 is 11.7. The van der Waals surface area contributed by atoms with E-state index in [-0.39, 0.29) is 12.5 Å². The Labute approximate surface area is 236 Å². The fourth-order valence-corrected chi connectivity index (χ4v) is 6.13. The first-order valence-electron chi connectivity index (χ1n) is 14.0. The molecule has 1 heterocycles. The molecule has 0 saturated carbocycles. The van der Waals surface area contributed by atoms with Crippen molar-refractivity contribution in [2.24, 2.45) is 0 Å². The molecule has 3 aromatic rings. The fraction of sp³-hybridized carbons (Fsp3) is 0.394. The van der Waals surface area contributed by atoms with Crippen molar-refractivity contribution in [1.82, 2.24) is 5.32 Å². The third-order valence-corrected chi connectivity index (χ3v) is 7.82. The van der Waals surface area contributed by atoms with E-state index in [1.54, 1.807) is 0 Å². The van der Waals surface area contributed by atoms with Crippen LogP contribution in [0.4, 0.5) is 16.2 Å². The Kier molecular flexibility index (Phi) is 7.60. The standard InChI is InChI=1S/C33H39N3O4/c1-20-28(31(37)40-33(4,5)6)21(2)30(36-17-15-34-16-18-36)22(3)29(20)35-32(38)39-19-27-25-13-9-7-11-23(25)24-12-8-10-14-26(24)27/h7-14,27,34H,15-19H2,1-6H3,(H,35,38). The third kappa shape index (κ3) is 5.30. The number of nitrogens with zero attached hydrogens (tertiary/aromatic N) is 1. The van der Waals surface area contributed by atoms with Crippen LogP contribution >= 0.6 is 0 Å². The summed E-state index contributed by atoms with van der Waals surface area (Å²) in [5.74, 6) is -0.429. The van der Waals surface area contributed by atoms with Crippen LogP contribution in [-0.4, -0.2) is 50.4 Å². The molecule has 7 heteroatoms. The predicted octanol–water partition coefficient (Wildman–Crippen LogP) is 6.34. The van der Waals surface area contributed by atoms with E-state index in [1.165, 1.54) is 11.1 Å². The summed E-state index contributed by atoms with van der Waals surface area (Å²) in [5, 5.41) is 6.39. The monoisotopic (exact) mass is 541 g/mol. The molecule has 40 heavy (non-hydrogen) atoms. The van der Waals surface area contributed by atoms with Crippen LogP contribution < -0.4 is 15.5 Å². The Morgan fingerprint density at radius 2 is 1.48 bits per heavy atom. The van der Waals surface area contributed by atoms with Gasteiger partial charge in [0.1, 0.15) is 12.2 Å². The molecule has 1 aliphatic carbocycles. The molecule has 0 aromatic heterocycles. The highest BCUT2D eigenvalue weighted by Gasteiger charge is 2.31. The maximum absolute atomic E-state index is 13.4. The van der Waals surface area contributed by atoms with E-state index in [4.69, 9.17) is 9.47 Å². The van der Waals surface area contributed by atoms with Gasteiger partial charge in [0.05, 0.1) is 11.3 Å². The van der Waals surface area contributed by atoms with Gasteiger partial charge in [-0.25, -0.2) is 9.59 Å². The van der Waals surface area contributed by atoms with Gasteiger partial charge >= 0.3 is 12.1 Å². The minimum Gasteiger partial charge on any atom is -0.456 e. The van der Waals surface area contributed by atoms with Gasteiger partial charge in [-0.3, -0.25) is 5.32 Å². The molecular formula is C33H39N3O4. The first-order chi connectivity index (χ1) is 19.1. The second-order valence-electron chi connectivity index (χ2n) is 11.7. The number of carbonyl (C=O) groups is 2. The summed E-state index contributed by atoms with van der Waals surface area (Å²) in [6, 6.07) is 16.5. The molecule has 1 fully saturated rings. The number of ether oxygens (including phenoxy) is 2. The molecule has 7 nitrogen and oxygen atoms in total. The van der Waals surface area contributed by atoms with Gasteiger partial charge in [0, 0.05) is 37.8 Å². The number of amides is 1. The van der Waals surface area contributed by atoms with E-state index >= 15 is 0 Å². The Bertz CT molecular complexity index is 1410. The van der Waals surface area contributed by atoms with Crippen LogP contribution in [0.15, 0.2) is 48.5 Å². The number of nitrogens with one attached hydrogen (secondary N) is 2. The summed E-state index contributed by atoms with van der Waals surface area (Å²) in [7, 11) is 0. The van der Waals surface area contributed by atoms with E-state index in [0.29, 0.717) is 16.8 Å². The van der Waals surface area contributed by atoms with E-state index < -0.39 is 17.7 Å². The van der Waals surface area contributed by atoms with Gasteiger partial charge in [-0.1, -0.05) is 48.5 Å². The Morgan fingerprint density at radius 3 is 2.05 bits per heavy atom. The normalized spacial score (nSPS) is 14.9. The number of benzene rings is 3. The predicted molar refractivity (Wildman–Crippen MR) is 160 cm³/mol. The Hall–Kier alpha value is -3.84. The van der Waals surface area contributed by atoms with Crippen LogP contribution in [0.3, 0.4) is 0 Å². The molecule has 5 rings (SSSR count). The maximum atomic E-state index is 13.4. The van der Waals surface area contributed by atoms with Crippen LogP contribution in [-0.2, 0) is 9.47 Å². The molecule has 0 atom stereocenters. The number of anilines is 2. The van der Waals surface area contributed by atoms with Crippen molar-refractivity contribution in [3.8, 4) is 11.1 Å². The lowest BCUT2D eigenvalue weighted by atomic mass is 9.93. The minimum absolute atomic E-state index is 0.0351. The lowest BCUT2D eigenvalue weighted by Crippen LogP contribution is -2.44. The van der Waals surface area contributed by atoms with Crippen molar-refractivity contribution < 1.29 is 19.1 Å². The summed E-state index contributed by atoms with van der Waals surface area (Å²) in [5.41, 5.74) is 8.54. The number of rotatable bonds is 5. The van der Waals surface area contributed by atoms with Crippen LogP contribution in [0.25, 0.3) is 11.1 Å². The molecule has 1 aliphatic heterocycles. The van der Waals surface area contributed by atoms with Crippen molar-refractivity contribution >= 4 is 23.4 Å². The average Bonchev–Trinajstić information content (AvgIpc) is 3.23. The molecule has 3 aromatic carbocycles. The van der Waals surface area contributed by atoms with Crippen LogP contribution in [0.2, 0.25) is 0 Å². The van der Waals surface area contributed by atoms with Crippen LogP contribution in [0.1, 0.15) is 64.9 Å². The Morgan fingerprint density at radius 1 is 0.900 bits per heavy atom. The van der Waals surface area contributed by atoms with Crippen molar-refractivity contribution in [2.75, 3.05) is 43.0 Å². The van der Waals surface area contributed by atoms with E-state index in [0.717, 1.165) is 54.1 Å². The van der Waals surface area contributed by atoms with Gasteiger partial charge in [0.15, 0.2) is 0 Å². The fourth-order valence-electron chi connectivity index (χ4n) is 6.13. The first-order valence-corrected chi connectivity index (χ1v) is 14.0. The van der Waals surface area contributed by atoms with E-state index in [2.05, 4.69) is 39.8 Å². The molecule has 0 radical (unpaired) electrons. The molecule has 210 valence electrons. The molecule has 0 spiro atoms. The van der Waals surface area contributed by atoms with Gasteiger partial charge < -0.3 is 19.7 Å². The lowest BCUT2D eigenvalue weighted by Gasteiger charge is -2.34. The van der Waals surface area contributed by atoms with Crippen molar-refractivity contribution in [3.63, 3.8) is 0 Å². The summed E-state index contributed by atoms with van der Waals surface area (Å²) in [6.07, 6.45) is -0.543. The molecule has 2 N–H and O–H groups in total. The second-order valence-corrected chi connectivity index (χ2v) is 11.7. The quantitative estimate of drug-likeness (QED) is 0.367. The largest absolute Gasteiger partial charge is 0.456 e. The summed E-state index contributed by atoms with van der Waals surface area (Å²) >= 11 is 0. The third-order valence-electron chi connectivity index (χ3n) is 7.82. The van der Waals surface area contributed by atoms with Crippen LogP contribution in [0.5, 0.6) is 0 Å². The van der Waals surface area contributed by atoms with Gasteiger partial charge in [-0.15, -0.1) is 0 Å². The number of hydrogen-bond donors (Lipinski definition) is 2. The number of carbonyl (C=O) groups excluding carboxylic acids is 2. The molecule has 0 bridgehead atoms. The number of fused-ring (bicyclic) bond motifs is 3. The highest BCUT2D eigenvalue weighted by atomic mass is 16.6. The van der Waals surface area contributed by atoms with Crippen molar-refractivity contribution in [3.05, 3.63) is 81.9 Å². The minimum atomic E-state index is -0.642. The van der Waals surface area contributed by atoms with Crippen LogP contribution in [0, 0.1) is 20.8 Å². The van der Waals surface area contributed by atoms with Crippen molar-refractivity contribution in [1.29, 1.82) is 0 Å². The van der Waals surface area contributed by atoms with E-state index in [1.807, 2.05) is 65.8 Å². The topological polar surface area (TPSA) is 79.9 Å². The zero-order valence-corrected chi connectivity index (χ0v) is 24.3. The van der Waals surface area contributed by atoms with Gasteiger partial charge in [0.2, 0.25) is 0 Å². The molecule has 1 amide bonds. The highest BCUT2D eigenvalue weighted by molar-refractivity contribution is 6.00. The summed E-state index contributed by atoms with van der Waals surface area (Å²) in [4.78, 5) is 29.0. The Balaban J connectivity index is 1.44. The molecular weight excluding hydrogens is 502 g/mol. The van der Waals surface area contributed by atoms with Gasteiger partial charge in [-0.2, -0.15) is 0 Å². The summed E-state index contributed by atoms with van der Waals surface area (Å²) in [6.45, 7) is 14.9. The second kappa shape index (κ2) is 11.0. The molecule has 1 saturated heterocycles. The number of piperazine rings is 1. The maximum Gasteiger partial charge on any atom is 0.411 e. The zero-order chi connectivity index (χ0) is 28.6. The van der Waals surface area contributed by atoms with Gasteiger partial charge in [-0.05, 0) is 80.5 Å². The van der Waals surface area contributed by atoms with Gasteiger partial charge in [0.25, 0.3) is 0 Å².